The number of H-pyrrole nitrogens is 1. The molecule has 1 aliphatic heterocycles. The predicted molar refractivity (Wildman–Crippen MR) is 114 cm³/mol. The molecule has 0 aliphatic carbocycles. The Balaban J connectivity index is 1.79. The second kappa shape index (κ2) is 7.48. The first-order valence-electron chi connectivity index (χ1n) is 9.97. The summed E-state index contributed by atoms with van der Waals surface area (Å²) < 4.78 is 58.2. The molecule has 1 unspecified atom stereocenters. The predicted octanol–water partition coefficient (Wildman–Crippen LogP) is 5.94. The van der Waals surface area contributed by atoms with Crippen molar-refractivity contribution in [2.75, 3.05) is 11.4 Å². The molecule has 164 valence electrons. The quantitative estimate of drug-likeness (QED) is 0.377. The average molecular weight is 461 g/mol. The number of rotatable bonds is 2. The van der Waals surface area contributed by atoms with Crippen molar-refractivity contribution in [1.82, 2.24) is 15.0 Å². The summed E-state index contributed by atoms with van der Waals surface area (Å²) in [4.78, 5) is 13.4. The molecule has 0 amide bonds. The van der Waals surface area contributed by atoms with E-state index in [4.69, 9.17) is 11.6 Å². The number of hydrogen-bond acceptors (Lipinski definition) is 3. The van der Waals surface area contributed by atoms with Gasteiger partial charge < -0.3 is 9.88 Å². The Labute approximate surface area is 185 Å². The summed E-state index contributed by atoms with van der Waals surface area (Å²) in [6.45, 7) is 3.30. The number of fused-ring (bicyclic) bond motifs is 3. The number of anilines is 1. The first-order valence-corrected chi connectivity index (χ1v) is 10.4. The van der Waals surface area contributed by atoms with Crippen LogP contribution in [-0.4, -0.2) is 21.5 Å². The number of benzene rings is 2. The highest BCUT2D eigenvalue weighted by Crippen LogP contribution is 2.42. The molecule has 9 heteroatoms. The van der Waals surface area contributed by atoms with Crippen molar-refractivity contribution in [3.63, 3.8) is 0 Å². The highest BCUT2D eigenvalue weighted by Gasteiger charge is 2.36. The molecule has 0 spiro atoms. The van der Waals surface area contributed by atoms with Gasteiger partial charge in [0.15, 0.2) is 23.3 Å². The maximum absolute atomic E-state index is 15.0. The molecular formula is C23H17ClF4N4. The van der Waals surface area contributed by atoms with Crippen LogP contribution < -0.4 is 4.90 Å². The lowest BCUT2D eigenvalue weighted by Crippen LogP contribution is -2.38. The molecule has 2 aromatic heterocycles. The molecule has 5 rings (SSSR count). The third-order valence-corrected chi connectivity index (χ3v) is 6.17. The third-order valence-electron chi connectivity index (χ3n) is 5.88. The summed E-state index contributed by atoms with van der Waals surface area (Å²) in [5.41, 5.74) is 1.93. The number of hydrogen-bond donors (Lipinski definition) is 1. The Morgan fingerprint density at radius 2 is 1.69 bits per heavy atom. The summed E-state index contributed by atoms with van der Waals surface area (Å²) in [6, 6.07) is 6.09. The molecule has 2 aromatic carbocycles. The molecule has 3 heterocycles. The Morgan fingerprint density at radius 3 is 2.41 bits per heavy atom. The molecular weight excluding hydrogens is 444 g/mol. The van der Waals surface area contributed by atoms with E-state index >= 15 is 0 Å². The number of nitrogens with one attached hydrogen (secondary N) is 1. The van der Waals surface area contributed by atoms with Gasteiger partial charge in [-0.15, -0.1) is 0 Å². The fraction of sp³-hybridized carbons (Fsp3) is 0.217. The van der Waals surface area contributed by atoms with E-state index in [1.54, 1.807) is 11.0 Å². The van der Waals surface area contributed by atoms with Crippen LogP contribution in [-0.2, 0) is 6.42 Å². The van der Waals surface area contributed by atoms with Crippen LogP contribution >= 0.6 is 11.6 Å². The van der Waals surface area contributed by atoms with Gasteiger partial charge in [-0.05, 0) is 44.0 Å². The van der Waals surface area contributed by atoms with Crippen molar-refractivity contribution in [3.8, 4) is 0 Å². The van der Waals surface area contributed by atoms with Gasteiger partial charge in [-0.25, -0.2) is 27.5 Å². The molecule has 1 aliphatic rings. The van der Waals surface area contributed by atoms with Gasteiger partial charge in [0.2, 0.25) is 5.95 Å². The standard InChI is InChI=1S/C23H17ClF4N4/c1-10-18(26)11(2)30-23(29-10)32-9-8-12-17-16(7-6-14(24)20(17)28)31-21(12)22(32)13-4-3-5-15(25)19(13)27/h3-7,22,31H,8-9H2,1-2H3. The van der Waals surface area contributed by atoms with E-state index in [9.17, 15) is 17.6 Å². The second-order valence-electron chi connectivity index (χ2n) is 7.80. The van der Waals surface area contributed by atoms with Crippen LogP contribution in [0.5, 0.6) is 0 Å². The molecule has 0 saturated heterocycles. The lowest BCUT2D eigenvalue weighted by Gasteiger charge is -2.36. The number of aromatic nitrogens is 3. The fourth-order valence-corrected chi connectivity index (χ4v) is 4.56. The molecule has 0 bridgehead atoms. The highest BCUT2D eigenvalue weighted by atomic mass is 35.5. The van der Waals surface area contributed by atoms with E-state index in [-0.39, 0.29) is 34.5 Å². The first-order chi connectivity index (χ1) is 15.3. The van der Waals surface area contributed by atoms with Gasteiger partial charge >= 0.3 is 0 Å². The van der Waals surface area contributed by atoms with Crippen LogP contribution in [0.1, 0.15) is 34.3 Å². The normalized spacial score (nSPS) is 16.0. The summed E-state index contributed by atoms with van der Waals surface area (Å²) in [6.07, 6.45) is 0.374. The number of halogens is 5. The van der Waals surface area contributed by atoms with Crippen molar-refractivity contribution in [2.24, 2.45) is 0 Å². The molecule has 0 fully saturated rings. The molecule has 4 nitrogen and oxygen atoms in total. The van der Waals surface area contributed by atoms with Gasteiger partial charge in [-0.2, -0.15) is 0 Å². The Kier molecular flexibility index (Phi) is 4.85. The summed E-state index contributed by atoms with van der Waals surface area (Å²) in [5, 5.41) is 0.296. The minimum absolute atomic E-state index is 0.0247. The molecule has 4 aromatic rings. The van der Waals surface area contributed by atoms with Gasteiger partial charge in [0.25, 0.3) is 0 Å². The van der Waals surface area contributed by atoms with Crippen LogP contribution in [0.4, 0.5) is 23.5 Å². The fourth-order valence-electron chi connectivity index (χ4n) is 4.40. The van der Waals surface area contributed by atoms with Gasteiger partial charge in [-0.3, -0.25) is 0 Å². The van der Waals surface area contributed by atoms with Crippen molar-refractivity contribution in [2.45, 2.75) is 26.3 Å². The lowest BCUT2D eigenvalue weighted by atomic mass is 9.92. The van der Waals surface area contributed by atoms with Gasteiger partial charge in [0.1, 0.15) is 6.04 Å². The van der Waals surface area contributed by atoms with E-state index < -0.39 is 29.3 Å². The Morgan fingerprint density at radius 1 is 0.969 bits per heavy atom. The van der Waals surface area contributed by atoms with E-state index in [0.717, 1.165) is 6.07 Å². The van der Waals surface area contributed by atoms with Crippen LogP contribution in [0, 0.1) is 37.1 Å². The van der Waals surface area contributed by atoms with Crippen LogP contribution in [0.3, 0.4) is 0 Å². The van der Waals surface area contributed by atoms with Gasteiger partial charge in [0, 0.05) is 28.7 Å². The molecule has 0 saturated carbocycles. The molecule has 32 heavy (non-hydrogen) atoms. The van der Waals surface area contributed by atoms with Crippen molar-refractivity contribution in [1.29, 1.82) is 0 Å². The van der Waals surface area contributed by atoms with E-state index in [2.05, 4.69) is 15.0 Å². The summed E-state index contributed by atoms with van der Waals surface area (Å²) >= 11 is 6.00. The molecule has 1 atom stereocenters. The van der Waals surface area contributed by atoms with Gasteiger partial charge in [-0.1, -0.05) is 23.7 Å². The van der Waals surface area contributed by atoms with E-state index in [1.807, 2.05) is 0 Å². The SMILES string of the molecule is Cc1nc(N2CCc3c([nH]c4ccc(Cl)c(F)c34)C2c2cccc(F)c2F)nc(C)c1F. The summed E-state index contributed by atoms with van der Waals surface area (Å²) in [7, 11) is 0. The monoisotopic (exact) mass is 460 g/mol. The van der Waals surface area contributed by atoms with Crippen molar-refractivity contribution >= 4 is 28.5 Å². The van der Waals surface area contributed by atoms with Crippen LogP contribution in [0.15, 0.2) is 30.3 Å². The van der Waals surface area contributed by atoms with Gasteiger partial charge in [0.05, 0.1) is 16.4 Å². The molecule has 0 radical (unpaired) electrons. The average Bonchev–Trinajstić information content (AvgIpc) is 3.15. The Hall–Kier alpha value is -3.13. The zero-order valence-electron chi connectivity index (χ0n) is 17.1. The van der Waals surface area contributed by atoms with Crippen LogP contribution in [0.2, 0.25) is 5.02 Å². The zero-order chi connectivity index (χ0) is 22.7. The maximum atomic E-state index is 15.0. The maximum Gasteiger partial charge on any atom is 0.226 e. The number of nitrogens with zero attached hydrogens (tertiary/aromatic N) is 3. The second-order valence-corrected chi connectivity index (χ2v) is 8.21. The van der Waals surface area contributed by atoms with Crippen LogP contribution in [0.25, 0.3) is 10.9 Å². The smallest absolute Gasteiger partial charge is 0.226 e. The first kappa shape index (κ1) is 20.8. The van der Waals surface area contributed by atoms with Crippen molar-refractivity contribution in [3.05, 3.63) is 86.8 Å². The molecule has 1 N–H and O–H groups in total. The third kappa shape index (κ3) is 3.04. The Bertz CT molecular complexity index is 1360. The number of aromatic amines is 1. The summed E-state index contributed by atoms with van der Waals surface area (Å²) in [5.74, 6) is -2.95. The van der Waals surface area contributed by atoms with Crippen molar-refractivity contribution < 1.29 is 17.6 Å². The zero-order valence-corrected chi connectivity index (χ0v) is 17.9. The lowest BCUT2D eigenvalue weighted by molar-refractivity contribution is 0.484. The van der Waals surface area contributed by atoms with E-state index in [1.165, 1.54) is 32.0 Å². The number of aryl methyl sites for hydroxylation is 2. The minimum atomic E-state index is -1.02. The topological polar surface area (TPSA) is 44.8 Å². The largest absolute Gasteiger partial charge is 0.356 e. The highest BCUT2D eigenvalue weighted by molar-refractivity contribution is 6.31. The minimum Gasteiger partial charge on any atom is -0.356 e. The van der Waals surface area contributed by atoms with E-state index in [0.29, 0.717) is 28.6 Å².